The molecule has 1 atom stereocenters. The summed E-state index contributed by atoms with van der Waals surface area (Å²) in [7, 11) is 0. The van der Waals surface area contributed by atoms with E-state index in [1.165, 1.54) is 0 Å². The van der Waals surface area contributed by atoms with Crippen molar-refractivity contribution in [1.29, 1.82) is 0 Å². The molecule has 37 heavy (non-hydrogen) atoms. The van der Waals surface area contributed by atoms with Crippen molar-refractivity contribution in [2.45, 2.75) is 36.9 Å². The lowest BCUT2D eigenvalue weighted by Crippen LogP contribution is -2.34. The predicted molar refractivity (Wildman–Crippen MR) is 149 cm³/mol. The number of nitrogens with one attached hydrogen (secondary N) is 1. The number of fused-ring (bicyclic) bond motifs is 1. The number of rotatable bonds is 7. The highest BCUT2D eigenvalue weighted by Gasteiger charge is 2.22. The normalized spacial score (nSPS) is 15.0. The minimum absolute atomic E-state index is 0.115. The van der Waals surface area contributed by atoms with E-state index in [1.54, 1.807) is 30.6 Å². The SMILES string of the molecule is C[C@@H](Oc1cc(-n2cnc3cc(Cl)ccc32)cc(C(N)=O)c1S)c1cccc(OC2CCNCC2)c1Cl. The van der Waals surface area contributed by atoms with Crippen molar-refractivity contribution in [2.24, 2.45) is 5.73 Å². The number of imidazole rings is 1. The zero-order valence-electron chi connectivity index (χ0n) is 20.1. The average molecular weight is 558 g/mol. The number of hydrogen-bond acceptors (Lipinski definition) is 6. The molecule has 1 aromatic heterocycles. The molecule has 0 unspecified atom stereocenters. The van der Waals surface area contributed by atoms with Gasteiger partial charge in [0.2, 0.25) is 5.91 Å². The number of carbonyl (C=O) groups excluding carboxylic acids is 1. The Hall–Kier alpha value is -2.91. The number of piperidine rings is 1. The number of nitrogens with zero attached hydrogens (tertiary/aromatic N) is 2. The first kappa shape index (κ1) is 25.7. The summed E-state index contributed by atoms with van der Waals surface area (Å²) in [4.78, 5) is 17.0. The van der Waals surface area contributed by atoms with E-state index in [0.717, 1.165) is 42.5 Å². The standard InChI is InChI=1S/C27H26Cl2N4O3S/c1-15(19-3-2-4-23(25(19)29)36-18-7-9-31-10-8-18)35-24-13-17(12-20(26(24)37)27(30)34)33-14-32-21-11-16(28)5-6-22(21)33/h2-6,11-15,18,31,37H,7-10H2,1H3,(H2,30,34)/t15-/m1/s1. The summed E-state index contributed by atoms with van der Waals surface area (Å²) in [5.74, 6) is 0.397. The summed E-state index contributed by atoms with van der Waals surface area (Å²) in [6, 6.07) is 14.5. The Labute approximate surface area is 230 Å². The molecule has 1 fully saturated rings. The molecule has 1 amide bonds. The molecule has 4 aromatic rings. The number of primary amides is 1. The van der Waals surface area contributed by atoms with Crippen LogP contribution in [0, 0.1) is 0 Å². The molecule has 0 bridgehead atoms. The van der Waals surface area contributed by atoms with Crippen molar-refractivity contribution in [1.82, 2.24) is 14.9 Å². The first-order chi connectivity index (χ1) is 17.8. The van der Waals surface area contributed by atoms with Crippen LogP contribution in [-0.4, -0.2) is 34.7 Å². The molecular weight excluding hydrogens is 531 g/mol. The lowest BCUT2D eigenvalue weighted by Gasteiger charge is -2.25. The number of aromatic nitrogens is 2. The van der Waals surface area contributed by atoms with E-state index in [9.17, 15) is 4.79 Å². The van der Waals surface area contributed by atoms with Gasteiger partial charge in [-0.05, 0) is 63.2 Å². The van der Waals surface area contributed by atoms with Gasteiger partial charge in [0.15, 0.2) is 0 Å². The molecule has 3 N–H and O–H groups in total. The first-order valence-corrected chi connectivity index (χ1v) is 13.1. The summed E-state index contributed by atoms with van der Waals surface area (Å²) < 4.78 is 14.4. The highest BCUT2D eigenvalue weighted by atomic mass is 35.5. The Morgan fingerprint density at radius 2 is 1.95 bits per heavy atom. The van der Waals surface area contributed by atoms with Gasteiger partial charge >= 0.3 is 0 Å². The number of halogens is 2. The number of nitrogens with two attached hydrogens (primary N) is 1. The molecule has 2 heterocycles. The first-order valence-electron chi connectivity index (χ1n) is 11.9. The van der Waals surface area contributed by atoms with Gasteiger partial charge in [0, 0.05) is 16.7 Å². The fourth-order valence-corrected chi connectivity index (χ4v) is 5.26. The summed E-state index contributed by atoms with van der Waals surface area (Å²) >= 11 is 17.5. The second-order valence-corrected chi connectivity index (χ2v) is 10.2. The highest BCUT2D eigenvalue weighted by Crippen LogP contribution is 2.38. The molecule has 5 rings (SSSR count). The van der Waals surface area contributed by atoms with Crippen LogP contribution < -0.4 is 20.5 Å². The third-order valence-corrected chi connectivity index (χ3v) is 7.53. The Balaban J connectivity index is 1.48. The van der Waals surface area contributed by atoms with Crippen LogP contribution in [0.5, 0.6) is 11.5 Å². The molecule has 7 nitrogen and oxygen atoms in total. The van der Waals surface area contributed by atoms with Crippen molar-refractivity contribution in [3.63, 3.8) is 0 Å². The quantitative estimate of drug-likeness (QED) is 0.243. The van der Waals surface area contributed by atoms with Gasteiger partial charge < -0.3 is 20.5 Å². The molecule has 1 aliphatic rings. The fourth-order valence-electron chi connectivity index (χ4n) is 4.48. The second kappa shape index (κ2) is 10.8. The van der Waals surface area contributed by atoms with Gasteiger partial charge in [-0.25, -0.2) is 4.98 Å². The maximum Gasteiger partial charge on any atom is 0.250 e. The van der Waals surface area contributed by atoms with Crippen LogP contribution in [0.2, 0.25) is 10.0 Å². The van der Waals surface area contributed by atoms with Gasteiger partial charge in [-0.15, -0.1) is 12.6 Å². The number of ether oxygens (including phenoxy) is 2. The van der Waals surface area contributed by atoms with Crippen molar-refractivity contribution in [3.8, 4) is 17.2 Å². The number of thiol groups is 1. The van der Waals surface area contributed by atoms with Gasteiger partial charge in [0.25, 0.3) is 0 Å². The molecule has 10 heteroatoms. The van der Waals surface area contributed by atoms with Crippen LogP contribution in [0.15, 0.2) is 59.8 Å². The van der Waals surface area contributed by atoms with Crippen molar-refractivity contribution < 1.29 is 14.3 Å². The Morgan fingerprint density at radius 3 is 2.70 bits per heavy atom. The highest BCUT2D eigenvalue weighted by molar-refractivity contribution is 7.80. The minimum atomic E-state index is -0.618. The Bertz CT molecular complexity index is 1470. The third-order valence-electron chi connectivity index (χ3n) is 6.43. The monoisotopic (exact) mass is 556 g/mol. The molecule has 0 aliphatic carbocycles. The molecule has 0 saturated carbocycles. The second-order valence-electron chi connectivity index (χ2n) is 8.94. The van der Waals surface area contributed by atoms with Gasteiger partial charge in [-0.1, -0.05) is 35.3 Å². The van der Waals surface area contributed by atoms with E-state index in [0.29, 0.717) is 32.1 Å². The minimum Gasteiger partial charge on any atom is -0.489 e. The average Bonchev–Trinajstić information content (AvgIpc) is 3.30. The largest absolute Gasteiger partial charge is 0.489 e. The van der Waals surface area contributed by atoms with E-state index in [-0.39, 0.29) is 11.7 Å². The third kappa shape index (κ3) is 5.38. The number of hydrogen-bond donors (Lipinski definition) is 3. The van der Waals surface area contributed by atoms with E-state index in [1.807, 2.05) is 35.8 Å². The summed E-state index contributed by atoms with van der Waals surface area (Å²) in [5.41, 5.74) is 8.85. The molecule has 3 aromatic carbocycles. The zero-order valence-corrected chi connectivity index (χ0v) is 22.5. The predicted octanol–water partition coefficient (Wildman–Crippen LogP) is 5.99. The van der Waals surface area contributed by atoms with Crippen LogP contribution in [0.1, 0.15) is 41.8 Å². The Morgan fingerprint density at radius 1 is 1.16 bits per heavy atom. The maximum absolute atomic E-state index is 12.3. The van der Waals surface area contributed by atoms with E-state index < -0.39 is 12.0 Å². The van der Waals surface area contributed by atoms with Crippen molar-refractivity contribution >= 4 is 52.8 Å². The van der Waals surface area contributed by atoms with Gasteiger partial charge in [0.1, 0.15) is 30.0 Å². The van der Waals surface area contributed by atoms with E-state index >= 15 is 0 Å². The summed E-state index contributed by atoms with van der Waals surface area (Å²) in [6.45, 7) is 3.72. The Kier molecular flexibility index (Phi) is 7.53. The number of amides is 1. The molecule has 192 valence electrons. The number of benzene rings is 3. The topological polar surface area (TPSA) is 91.4 Å². The van der Waals surface area contributed by atoms with Crippen LogP contribution in [-0.2, 0) is 0 Å². The molecular formula is C27H26Cl2N4O3S. The van der Waals surface area contributed by atoms with Gasteiger partial charge in [-0.3, -0.25) is 9.36 Å². The molecule has 1 aliphatic heterocycles. The summed E-state index contributed by atoms with van der Waals surface area (Å²) in [6.07, 6.45) is 3.15. The van der Waals surface area contributed by atoms with Crippen LogP contribution >= 0.6 is 35.8 Å². The van der Waals surface area contributed by atoms with Gasteiger partial charge in [0.05, 0.1) is 32.2 Å². The lowest BCUT2D eigenvalue weighted by atomic mass is 10.1. The smallest absolute Gasteiger partial charge is 0.250 e. The van der Waals surface area contributed by atoms with E-state index in [2.05, 4.69) is 22.9 Å². The fraction of sp³-hybridized carbons (Fsp3) is 0.259. The molecule has 1 saturated heterocycles. The van der Waals surface area contributed by atoms with Crippen molar-refractivity contribution in [3.05, 3.63) is 76.0 Å². The zero-order chi connectivity index (χ0) is 26.1. The van der Waals surface area contributed by atoms with Crippen molar-refractivity contribution in [2.75, 3.05) is 13.1 Å². The number of carbonyl (C=O) groups is 1. The molecule has 0 radical (unpaired) electrons. The molecule has 0 spiro atoms. The van der Waals surface area contributed by atoms with Gasteiger partial charge in [-0.2, -0.15) is 0 Å². The van der Waals surface area contributed by atoms with Crippen LogP contribution in [0.4, 0.5) is 0 Å². The van der Waals surface area contributed by atoms with Crippen LogP contribution in [0.25, 0.3) is 16.7 Å². The van der Waals surface area contributed by atoms with Crippen LogP contribution in [0.3, 0.4) is 0 Å². The summed E-state index contributed by atoms with van der Waals surface area (Å²) in [5, 5.41) is 4.42. The van der Waals surface area contributed by atoms with E-state index in [4.69, 9.17) is 38.4 Å². The maximum atomic E-state index is 12.3. The lowest BCUT2D eigenvalue weighted by molar-refractivity contribution is 0.0996.